The van der Waals surface area contributed by atoms with Gasteiger partial charge in [0.25, 0.3) is 0 Å². The second kappa shape index (κ2) is 6.43. The first kappa shape index (κ1) is 9.31. The molecule has 0 aliphatic rings. The van der Waals surface area contributed by atoms with E-state index in [1.807, 2.05) is 11.8 Å². The summed E-state index contributed by atoms with van der Waals surface area (Å²) in [5.41, 5.74) is 5.72. The first-order valence-electron chi connectivity index (χ1n) is 3.35. The predicted molar refractivity (Wildman–Crippen MR) is 45.6 cm³/mol. The van der Waals surface area contributed by atoms with Crippen molar-refractivity contribution in [2.75, 3.05) is 12.0 Å². The average Bonchev–Trinajstić information content (AvgIpc) is 1.85. The van der Waals surface area contributed by atoms with Gasteiger partial charge in [-0.1, -0.05) is 13.3 Å². The minimum Gasteiger partial charge on any atom is -0.328 e. The van der Waals surface area contributed by atoms with Crippen LogP contribution in [0.3, 0.4) is 0 Å². The van der Waals surface area contributed by atoms with E-state index in [2.05, 4.69) is 13.2 Å². The van der Waals surface area contributed by atoms with Crippen LogP contribution in [0.25, 0.3) is 0 Å². The summed E-state index contributed by atoms with van der Waals surface area (Å²) >= 11 is 1.86. The van der Waals surface area contributed by atoms with Crippen LogP contribution in [-0.2, 0) is 0 Å². The topological polar surface area (TPSA) is 26.0 Å². The Balaban J connectivity index is 2.95. The summed E-state index contributed by atoms with van der Waals surface area (Å²) in [5.74, 6) is 1.18. The molecule has 0 saturated heterocycles. The summed E-state index contributed by atoms with van der Waals surface area (Å²) in [5, 5.41) is 0. The molecule has 0 rings (SSSR count). The van der Waals surface area contributed by atoms with Gasteiger partial charge in [0.1, 0.15) is 0 Å². The van der Waals surface area contributed by atoms with Gasteiger partial charge in [-0.3, -0.25) is 0 Å². The van der Waals surface area contributed by atoms with Gasteiger partial charge in [-0.2, -0.15) is 11.8 Å². The molecule has 1 unspecified atom stereocenters. The summed E-state index contributed by atoms with van der Waals surface area (Å²) in [6, 6.07) is 0.384. The first-order chi connectivity index (χ1) is 4.31. The second-order valence-corrected chi connectivity index (χ2v) is 3.17. The van der Waals surface area contributed by atoms with Gasteiger partial charge in [-0.25, -0.2) is 0 Å². The number of nitrogens with two attached hydrogens (primary N) is 1. The van der Waals surface area contributed by atoms with Gasteiger partial charge in [0, 0.05) is 6.04 Å². The summed E-state index contributed by atoms with van der Waals surface area (Å²) < 4.78 is 0. The molecular weight excluding hydrogens is 130 g/mol. The Kier molecular flexibility index (Phi) is 6.65. The molecule has 0 aliphatic heterocycles. The normalized spacial score (nSPS) is 13.7. The molecule has 0 amide bonds. The third-order valence-corrected chi connectivity index (χ3v) is 1.91. The highest BCUT2D eigenvalue weighted by Gasteiger charge is 1.97. The van der Waals surface area contributed by atoms with Gasteiger partial charge < -0.3 is 5.73 Å². The molecule has 1 nitrogen and oxygen atoms in total. The number of hydrogen-bond acceptors (Lipinski definition) is 2. The van der Waals surface area contributed by atoms with Crippen LogP contribution in [0.1, 0.15) is 19.3 Å². The zero-order chi connectivity index (χ0) is 7.11. The molecule has 0 aromatic carbocycles. The van der Waals surface area contributed by atoms with Crippen molar-refractivity contribution in [1.29, 1.82) is 0 Å². The van der Waals surface area contributed by atoms with Gasteiger partial charge in [-0.15, -0.1) is 0 Å². The van der Waals surface area contributed by atoms with E-state index in [1.54, 1.807) is 0 Å². The fourth-order valence-corrected chi connectivity index (χ4v) is 1.21. The van der Waals surface area contributed by atoms with E-state index >= 15 is 0 Å². The molecule has 1 radical (unpaired) electrons. The average molecular weight is 146 g/mol. The lowest BCUT2D eigenvalue weighted by atomic mass is 10.1. The van der Waals surface area contributed by atoms with Crippen LogP contribution in [-0.4, -0.2) is 18.1 Å². The molecule has 2 heteroatoms. The van der Waals surface area contributed by atoms with Crippen LogP contribution in [0.2, 0.25) is 0 Å². The fourth-order valence-electron chi connectivity index (χ4n) is 0.676. The number of hydrogen-bond donors (Lipinski definition) is 1. The molecule has 0 fully saturated rings. The van der Waals surface area contributed by atoms with E-state index in [9.17, 15) is 0 Å². The highest BCUT2D eigenvalue weighted by Crippen LogP contribution is 2.02. The van der Waals surface area contributed by atoms with E-state index in [1.165, 1.54) is 5.75 Å². The molecule has 0 aromatic heterocycles. The Hall–Kier alpha value is 0.310. The predicted octanol–water partition coefficient (Wildman–Crippen LogP) is 1.68. The molecule has 0 bridgehead atoms. The lowest BCUT2D eigenvalue weighted by Gasteiger charge is -2.07. The minimum atomic E-state index is 0.384. The van der Waals surface area contributed by atoms with Gasteiger partial charge in [-0.05, 0) is 24.9 Å². The Bertz CT molecular complexity index is 56.9. The molecule has 0 heterocycles. The Morgan fingerprint density at radius 3 is 2.67 bits per heavy atom. The second-order valence-electron chi connectivity index (χ2n) is 2.18. The fraction of sp³-hybridized carbons (Fsp3) is 0.857. The SMILES string of the molecule is [CH2]CCC(N)CCSC. The van der Waals surface area contributed by atoms with E-state index in [0.717, 1.165) is 19.3 Å². The standard InChI is InChI=1S/C7H16NS/c1-3-4-7(8)5-6-9-2/h7H,1,3-6,8H2,2H3. The Morgan fingerprint density at radius 2 is 2.22 bits per heavy atom. The maximum absolute atomic E-state index is 5.72. The highest BCUT2D eigenvalue weighted by atomic mass is 32.2. The Morgan fingerprint density at radius 1 is 1.56 bits per heavy atom. The summed E-state index contributed by atoms with van der Waals surface area (Å²) in [6.07, 6.45) is 5.28. The maximum atomic E-state index is 5.72. The van der Waals surface area contributed by atoms with Crippen molar-refractivity contribution >= 4 is 11.8 Å². The van der Waals surface area contributed by atoms with Crippen molar-refractivity contribution in [1.82, 2.24) is 0 Å². The largest absolute Gasteiger partial charge is 0.328 e. The van der Waals surface area contributed by atoms with Crippen LogP contribution in [0, 0.1) is 6.92 Å². The molecule has 2 N–H and O–H groups in total. The molecule has 0 spiro atoms. The quantitative estimate of drug-likeness (QED) is 0.638. The van der Waals surface area contributed by atoms with Gasteiger partial charge in [0.2, 0.25) is 0 Å². The van der Waals surface area contributed by atoms with E-state index in [-0.39, 0.29) is 0 Å². The van der Waals surface area contributed by atoms with Crippen molar-refractivity contribution in [3.63, 3.8) is 0 Å². The molecule has 0 saturated carbocycles. The van der Waals surface area contributed by atoms with Crippen LogP contribution in [0.5, 0.6) is 0 Å². The summed E-state index contributed by atoms with van der Waals surface area (Å²) in [7, 11) is 0. The molecule has 0 aliphatic carbocycles. The monoisotopic (exact) mass is 146 g/mol. The smallest absolute Gasteiger partial charge is 0.00466 e. The third-order valence-electron chi connectivity index (χ3n) is 1.27. The molecule has 9 heavy (non-hydrogen) atoms. The van der Waals surface area contributed by atoms with Gasteiger partial charge in [0.15, 0.2) is 0 Å². The lowest BCUT2D eigenvalue weighted by Crippen LogP contribution is -2.19. The van der Waals surface area contributed by atoms with Crippen molar-refractivity contribution in [2.24, 2.45) is 5.73 Å². The maximum Gasteiger partial charge on any atom is 0.00466 e. The van der Waals surface area contributed by atoms with Crippen LogP contribution in [0.15, 0.2) is 0 Å². The third kappa shape index (κ3) is 6.19. The highest BCUT2D eigenvalue weighted by molar-refractivity contribution is 7.98. The van der Waals surface area contributed by atoms with Gasteiger partial charge in [0.05, 0.1) is 0 Å². The minimum absolute atomic E-state index is 0.384. The van der Waals surface area contributed by atoms with E-state index in [0.29, 0.717) is 6.04 Å². The van der Waals surface area contributed by atoms with Crippen LogP contribution >= 0.6 is 11.8 Å². The lowest BCUT2D eigenvalue weighted by molar-refractivity contribution is 0.606. The molecular formula is C7H16NS. The van der Waals surface area contributed by atoms with Crippen molar-refractivity contribution < 1.29 is 0 Å². The zero-order valence-electron chi connectivity index (χ0n) is 6.10. The van der Waals surface area contributed by atoms with Crippen LogP contribution < -0.4 is 5.73 Å². The first-order valence-corrected chi connectivity index (χ1v) is 4.74. The van der Waals surface area contributed by atoms with Gasteiger partial charge >= 0.3 is 0 Å². The Labute approximate surface area is 62.4 Å². The van der Waals surface area contributed by atoms with Crippen molar-refractivity contribution in [3.8, 4) is 0 Å². The number of thioether (sulfide) groups is 1. The molecule has 1 atom stereocenters. The van der Waals surface area contributed by atoms with E-state index in [4.69, 9.17) is 5.73 Å². The van der Waals surface area contributed by atoms with Crippen molar-refractivity contribution in [2.45, 2.75) is 25.3 Å². The summed E-state index contributed by atoms with van der Waals surface area (Å²) in [4.78, 5) is 0. The zero-order valence-corrected chi connectivity index (χ0v) is 6.91. The van der Waals surface area contributed by atoms with E-state index < -0.39 is 0 Å². The molecule has 55 valence electrons. The molecule has 0 aromatic rings. The van der Waals surface area contributed by atoms with Crippen molar-refractivity contribution in [3.05, 3.63) is 6.92 Å². The summed E-state index contributed by atoms with van der Waals surface area (Å²) in [6.45, 7) is 3.75. The van der Waals surface area contributed by atoms with Crippen LogP contribution in [0.4, 0.5) is 0 Å². The number of rotatable bonds is 5.